The second kappa shape index (κ2) is 14.0. The van der Waals surface area contributed by atoms with Crippen LogP contribution in [0.15, 0.2) is 152 Å². The molecule has 8 heteroatoms. The van der Waals surface area contributed by atoms with E-state index in [0.29, 0.717) is 19.4 Å². The first-order valence-corrected chi connectivity index (χ1v) is 17.2. The lowest BCUT2D eigenvalue weighted by Gasteiger charge is -2.37. The van der Waals surface area contributed by atoms with E-state index < -0.39 is 5.54 Å². The van der Waals surface area contributed by atoms with Gasteiger partial charge in [-0.3, -0.25) is 0 Å². The summed E-state index contributed by atoms with van der Waals surface area (Å²) < 4.78 is 32.0. The van der Waals surface area contributed by atoms with E-state index in [1.54, 1.807) is 18.2 Å². The molecule has 8 rings (SSSR count). The second-order valence-electron chi connectivity index (χ2n) is 12.9. The molecule has 3 heterocycles. The van der Waals surface area contributed by atoms with Crippen molar-refractivity contribution in [2.45, 2.75) is 37.8 Å². The smallest absolute Gasteiger partial charge is 0.137 e. The first-order valence-electron chi connectivity index (χ1n) is 17.2. The van der Waals surface area contributed by atoms with Crippen molar-refractivity contribution in [1.29, 1.82) is 0 Å². The van der Waals surface area contributed by atoms with Crippen LogP contribution in [0.1, 0.15) is 51.6 Å². The van der Waals surface area contributed by atoms with E-state index in [4.69, 9.17) is 4.98 Å². The molecule has 0 atom stereocenters. The Morgan fingerprint density at radius 2 is 1.24 bits per heavy atom. The van der Waals surface area contributed by atoms with Gasteiger partial charge >= 0.3 is 0 Å². The molecule has 0 fully saturated rings. The van der Waals surface area contributed by atoms with Crippen LogP contribution in [0.3, 0.4) is 0 Å². The molecule has 1 N–H and O–H groups in total. The van der Waals surface area contributed by atoms with Crippen molar-refractivity contribution >= 4 is 10.9 Å². The number of rotatable bonds is 12. The number of hydrogen-bond acceptors (Lipinski definition) is 3. The van der Waals surface area contributed by atoms with Crippen LogP contribution in [0.25, 0.3) is 10.9 Å². The second-order valence-corrected chi connectivity index (χ2v) is 12.9. The molecule has 0 spiro atoms. The van der Waals surface area contributed by atoms with E-state index in [0.717, 1.165) is 68.9 Å². The van der Waals surface area contributed by atoms with E-state index in [9.17, 15) is 8.78 Å². The predicted molar refractivity (Wildman–Crippen MR) is 195 cm³/mol. The quantitative estimate of drug-likeness (QED) is 0.132. The van der Waals surface area contributed by atoms with Crippen molar-refractivity contribution < 1.29 is 8.78 Å². The molecule has 0 aliphatic carbocycles. The lowest BCUT2D eigenvalue weighted by atomic mass is 9.77. The third kappa shape index (κ3) is 6.36. The molecular formula is C43H36F2N6. The fourth-order valence-corrected chi connectivity index (χ4v) is 7.23. The molecule has 0 saturated heterocycles. The summed E-state index contributed by atoms with van der Waals surface area (Å²) in [5.74, 6) is 1.08. The van der Waals surface area contributed by atoms with Gasteiger partial charge < -0.3 is 14.1 Å². The Kier molecular flexibility index (Phi) is 8.80. The third-order valence-corrected chi connectivity index (χ3v) is 9.67. The summed E-state index contributed by atoms with van der Waals surface area (Å²) in [7, 11) is 0. The fraction of sp³-hybridized carbons (Fsp3) is 0.140. The molecule has 0 amide bonds. The van der Waals surface area contributed by atoms with Crippen molar-refractivity contribution in [3.8, 4) is 0 Å². The molecule has 51 heavy (non-hydrogen) atoms. The summed E-state index contributed by atoms with van der Waals surface area (Å²) in [5, 5.41) is 10.2. The molecular weight excluding hydrogens is 639 g/mol. The first kappa shape index (κ1) is 32.1. The highest BCUT2D eigenvalue weighted by molar-refractivity contribution is 5.83. The number of aryl methyl sites for hydroxylation is 1. The lowest BCUT2D eigenvalue weighted by Crippen LogP contribution is -2.36. The van der Waals surface area contributed by atoms with Crippen LogP contribution in [0.2, 0.25) is 0 Å². The van der Waals surface area contributed by atoms with Crippen LogP contribution in [0.5, 0.6) is 0 Å². The average Bonchev–Trinajstić information content (AvgIpc) is 3.91. The van der Waals surface area contributed by atoms with Gasteiger partial charge in [0.15, 0.2) is 0 Å². The number of aromatic nitrogens is 6. The molecule has 0 aliphatic heterocycles. The van der Waals surface area contributed by atoms with Gasteiger partial charge in [0.25, 0.3) is 0 Å². The van der Waals surface area contributed by atoms with Gasteiger partial charge in [0.05, 0.1) is 12.0 Å². The number of imidazole rings is 1. The predicted octanol–water partition coefficient (Wildman–Crippen LogP) is 8.89. The largest absolute Gasteiger partial charge is 0.361 e. The van der Waals surface area contributed by atoms with E-state index in [1.165, 1.54) is 24.3 Å². The summed E-state index contributed by atoms with van der Waals surface area (Å²) in [6.07, 6.45) is 8.62. The Morgan fingerprint density at radius 3 is 1.86 bits per heavy atom. The van der Waals surface area contributed by atoms with Gasteiger partial charge in [0.1, 0.15) is 28.8 Å². The van der Waals surface area contributed by atoms with E-state index in [2.05, 4.69) is 103 Å². The molecule has 5 aromatic carbocycles. The number of aromatic amines is 1. The highest BCUT2D eigenvalue weighted by Crippen LogP contribution is 2.40. The summed E-state index contributed by atoms with van der Waals surface area (Å²) in [6.45, 7) is 0.671. The number of benzene rings is 5. The zero-order valence-corrected chi connectivity index (χ0v) is 28.0. The minimum Gasteiger partial charge on any atom is -0.361 e. The highest BCUT2D eigenvalue weighted by atomic mass is 19.1. The number of hydrogen-bond donors (Lipinski definition) is 1. The Labute approximate surface area is 295 Å². The van der Waals surface area contributed by atoms with Crippen LogP contribution in [0, 0.1) is 11.6 Å². The van der Waals surface area contributed by atoms with Crippen molar-refractivity contribution in [2.75, 3.05) is 0 Å². The van der Waals surface area contributed by atoms with Crippen LogP contribution in [-0.4, -0.2) is 29.3 Å². The van der Waals surface area contributed by atoms with Crippen molar-refractivity contribution in [2.24, 2.45) is 0 Å². The summed E-state index contributed by atoms with van der Waals surface area (Å²) in [4.78, 5) is 8.14. The highest BCUT2D eigenvalue weighted by Gasteiger charge is 2.38. The fourth-order valence-electron chi connectivity index (χ4n) is 7.23. The Hall–Kier alpha value is -6.15. The molecule has 252 valence electrons. The molecule has 0 bridgehead atoms. The SMILES string of the molecule is Fc1ccc(Cc2nnc(Cc3c[nH]c4cc(F)ccc34)n2CCCc2cn(C(c3ccccc3)(c3ccccc3)c3ccccc3)cn2)cc1. The van der Waals surface area contributed by atoms with Gasteiger partial charge in [-0.15, -0.1) is 10.2 Å². The molecule has 0 saturated carbocycles. The lowest BCUT2D eigenvalue weighted by molar-refractivity contribution is 0.513. The molecule has 0 radical (unpaired) electrons. The Bertz CT molecular complexity index is 2260. The zero-order chi connectivity index (χ0) is 34.6. The summed E-state index contributed by atoms with van der Waals surface area (Å²) >= 11 is 0. The minimum absolute atomic E-state index is 0.271. The molecule has 3 aromatic heterocycles. The van der Waals surface area contributed by atoms with Crippen LogP contribution in [-0.2, 0) is 31.3 Å². The number of fused-ring (bicyclic) bond motifs is 1. The summed E-state index contributed by atoms with van der Waals surface area (Å²) in [6, 6.07) is 43.0. The molecule has 6 nitrogen and oxygen atoms in total. The van der Waals surface area contributed by atoms with E-state index >= 15 is 0 Å². The average molecular weight is 675 g/mol. The number of halogens is 2. The normalized spacial score (nSPS) is 11.7. The van der Waals surface area contributed by atoms with Gasteiger partial charge in [0.2, 0.25) is 0 Å². The Balaban J connectivity index is 1.10. The summed E-state index contributed by atoms with van der Waals surface area (Å²) in [5.41, 5.74) is 6.51. The van der Waals surface area contributed by atoms with Crippen LogP contribution in [0.4, 0.5) is 8.78 Å². The number of H-pyrrole nitrogens is 1. The number of nitrogens with zero attached hydrogens (tertiary/aromatic N) is 5. The maximum atomic E-state index is 13.9. The van der Waals surface area contributed by atoms with E-state index in [1.807, 2.05) is 30.7 Å². The maximum Gasteiger partial charge on any atom is 0.137 e. The zero-order valence-electron chi connectivity index (χ0n) is 28.0. The molecule has 8 aromatic rings. The monoisotopic (exact) mass is 674 g/mol. The minimum atomic E-state index is -0.624. The van der Waals surface area contributed by atoms with Gasteiger partial charge in [-0.2, -0.15) is 0 Å². The van der Waals surface area contributed by atoms with Gasteiger partial charge in [-0.25, -0.2) is 13.8 Å². The van der Waals surface area contributed by atoms with Crippen LogP contribution < -0.4 is 0 Å². The third-order valence-electron chi connectivity index (χ3n) is 9.67. The standard InChI is InChI=1S/C43H36F2N6/c44-36-20-18-31(19-21-36)25-41-48-49-42(26-32-28-46-40-27-37(45)22-23-39(32)40)51(41)24-10-17-38-29-50(30-47-38)43(33-11-4-1-5-12-33,34-13-6-2-7-14-34)35-15-8-3-9-16-35/h1-9,11-16,18-23,27-30,46H,10,17,24-26H2. The molecule has 0 unspecified atom stereocenters. The van der Waals surface area contributed by atoms with Gasteiger partial charge in [0, 0.05) is 42.7 Å². The first-order chi connectivity index (χ1) is 25.1. The number of nitrogens with one attached hydrogen (secondary N) is 1. The van der Waals surface area contributed by atoms with E-state index in [-0.39, 0.29) is 11.6 Å². The van der Waals surface area contributed by atoms with Crippen molar-refractivity contribution in [1.82, 2.24) is 29.3 Å². The van der Waals surface area contributed by atoms with Crippen molar-refractivity contribution in [3.05, 3.63) is 209 Å². The van der Waals surface area contributed by atoms with Gasteiger partial charge in [-0.05, 0) is 71.0 Å². The van der Waals surface area contributed by atoms with Crippen molar-refractivity contribution in [3.63, 3.8) is 0 Å². The van der Waals surface area contributed by atoms with Gasteiger partial charge in [-0.1, -0.05) is 103 Å². The topological polar surface area (TPSA) is 64.3 Å². The Morgan fingerprint density at radius 1 is 0.647 bits per heavy atom. The maximum absolute atomic E-state index is 13.9. The van der Waals surface area contributed by atoms with Crippen LogP contribution >= 0.6 is 0 Å². The molecule has 0 aliphatic rings.